The number of fused-ring (bicyclic) bond motifs is 1. The van der Waals surface area contributed by atoms with Gasteiger partial charge in [-0.25, -0.2) is 4.79 Å². The van der Waals surface area contributed by atoms with Crippen LogP contribution in [0.3, 0.4) is 0 Å². The normalized spacial score (nSPS) is 10.7. The van der Waals surface area contributed by atoms with Crippen molar-refractivity contribution < 1.29 is 9.63 Å². The Labute approximate surface area is 120 Å². The lowest BCUT2D eigenvalue weighted by molar-refractivity contribution is -0.144. The molecule has 0 aliphatic rings. The van der Waals surface area contributed by atoms with Crippen molar-refractivity contribution in [2.24, 2.45) is 7.05 Å². The van der Waals surface area contributed by atoms with Crippen molar-refractivity contribution in [3.05, 3.63) is 22.7 Å². The molecule has 0 saturated carbocycles. The minimum atomic E-state index is -0.266. The quantitative estimate of drug-likeness (QED) is 0.811. The van der Waals surface area contributed by atoms with Crippen molar-refractivity contribution in [2.75, 3.05) is 11.6 Å². The zero-order valence-electron chi connectivity index (χ0n) is 11.2. The number of hydroxylamine groups is 1. The lowest BCUT2D eigenvalue weighted by Gasteiger charge is -2.18. The van der Waals surface area contributed by atoms with Gasteiger partial charge in [-0.05, 0) is 25.1 Å². The van der Waals surface area contributed by atoms with Gasteiger partial charge in [0.25, 0.3) is 0 Å². The Morgan fingerprint density at radius 1 is 1.47 bits per heavy atom. The molecule has 0 spiro atoms. The van der Waals surface area contributed by atoms with E-state index in [0.717, 1.165) is 15.4 Å². The zero-order chi connectivity index (χ0) is 14.0. The summed E-state index contributed by atoms with van der Waals surface area (Å²) in [6.07, 6.45) is 0.340. The van der Waals surface area contributed by atoms with Gasteiger partial charge in [0.2, 0.25) is 0 Å². The molecule has 1 heterocycles. The molecule has 19 heavy (non-hydrogen) atoms. The molecule has 5 nitrogen and oxygen atoms in total. The molecule has 2 rings (SSSR count). The number of nitrogens with zero attached hydrogens (tertiary/aromatic N) is 3. The largest absolute Gasteiger partial charge is 0.339 e. The van der Waals surface area contributed by atoms with Gasteiger partial charge in [0.15, 0.2) is 5.82 Å². The van der Waals surface area contributed by atoms with E-state index in [4.69, 9.17) is 4.84 Å². The molecule has 1 aromatic carbocycles. The smallest absolute Gasteiger partial charge is 0.332 e. The van der Waals surface area contributed by atoms with E-state index in [9.17, 15) is 4.79 Å². The standard InChI is InChI=1S/C13H16BrN3O2/c1-4-12(18)19-17(5-2)13-10-7-6-9(14)8-11(10)16(3)15-13/h6-8H,4-5H2,1-3H3. The van der Waals surface area contributed by atoms with Crippen LogP contribution in [0.2, 0.25) is 0 Å². The molecular weight excluding hydrogens is 310 g/mol. The number of aromatic nitrogens is 2. The molecule has 0 N–H and O–H groups in total. The van der Waals surface area contributed by atoms with Crippen LogP contribution < -0.4 is 5.06 Å². The Morgan fingerprint density at radius 2 is 2.21 bits per heavy atom. The second-order valence-electron chi connectivity index (χ2n) is 4.12. The zero-order valence-corrected chi connectivity index (χ0v) is 12.8. The van der Waals surface area contributed by atoms with Crippen LogP contribution >= 0.6 is 15.9 Å². The molecule has 0 aliphatic heterocycles. The van der Waals surface area contributed by atoms with Crippen LogP contribution in [-0.2, 0) is 16.7 Å². The first-order valence-electron chi connectivity index (χ1n) is 6.17. The van der Waals surface area contributed by atoms with Crippen molar-refractivity contribution in [3.8, 4) is 0 Å². The van der Waals surface area contributed by atoms with Crippen LogP contribution in [0.1, 0.15) is 20.3 Å². The topological polar surface area (TPSA) is 47.4 Å². The first-order valence-corrected chi connectivity index (χ1v) is 6.96. The van der Waals surface area contributed by atoms with Gasteiger partial charge in [-0.3, -0.25) is 4.68 Å². The average Bonchev–Trinajstić information content (AvgIpc) is 2.72. The van der Waals surface area contributed by atoms with Crippen molar-refractivity contribution in [1.29, 1.82) is 0 Å². The van der Waals surface area contributed by atoms with Crippen LogP contribution in [0.25, 0.3) is 10.9 Å². The van der Waals surface area contributed by atoms with E-state index in [1.54, 1.807) is 11.6 Å². The lowest BCUT2D eigenvalue weighted by atomic mass is 10.2. The number of carbonyl (C=O) groups is 1. The van der Waals surface area contributed by atoms with Crippen LogP contribution in [0.15, 0.2) is 22.7 Å². The van der Waals surface area contributed by atoms with Crippen LogP contribution in [0.4, 0.5) is 5.82 Å². The molecular formula is C13H16BrN3O2. The monoisotopic (exact) mass is 325 g/mol. The summed E-state index contributed by atoms with van der Waals surface area (Å²) in [5.41, 5.74) is 0.982. The van der Waals surface area contributed by atoms with Gasteiger partial charge in [-0.15, -0.1) is 0 Å². The molecule has 0 radical (unpaired) electrons. The first kappa shape index (κ1) is 13.9. The van der Waals surface area contributed by atoms with Gasteiger partial charge in [-0.1, -0.05) is 22.9 Å². The molecule has 0 aliphatic carbocycles. The van der Waals surface area contributed by atoms with Gasteiger partial charge < -0.3 is 4.84 Å². The number of hydrogen-bond acceptors (Lipinski definition) is 4. The Balaban J connectivity index is 2.46. The molecule has 6 heteroatoms. The van der Waals surface area contributed by atoms with E-state index in [1.807, 2.05) is 32.2 Å². The van der Waals surface area contributed by atoms with Crippen LogP contribution in [0, 0.1) is 0 Å². The molecule has 0 unspecified atom stereocenters. The molecule has 2 aromatic rings. The maximum atomic E-state index is 11.4. The van der Waals surface area contributed by atoms with Crippen LogP contribution in [-0.4, -0.2) is 22.3 Å². The number of rotatable bonds is 4. The molecule has 0 amide bonds. The highest BCUT2D eigenvalue weighted by Gasteiger charge is 2.17. The minimum Gasteiger partial charge on any atom is -0.339 e. The molecule has 0 saturated heterocycles. The summed E-state index contributed by atoms with van der Waals surface area (Å²) >= 11 is 3.44. The fourth-order valence-corrected chi connectivity index (χ4v) is 2.19. The highest BCUT2D eigenvalue weighted by Crippen LogP contribution is 2.28. The Bertz CT molecular complexity index is 609. The number of carbonyl (C=O) groups excluding carboxylic acids is 1. The van der Waals surface area contributed by atoms with E-state index < -0.39 is 0 Å². The van der Waals surface area contributed by atoms with Gasteiger partial charge in [0.1, 0.15) is 0 Å². The second kappa shape index (κ2) is 5.61. The van der Waals surface area contributed by atoms with Gasteiger partial charge in [0, 0.05) is 23.3 Å². The summed E-state index contributed by atoms with van der Waals surface area (Å²) in [5, 5.41) is 6.92. The summed E-state index contributed by atoms with van der Waals surface area (Å²) in [5.74, 6) is 0.395. The third-order valence-electron chi connectivity index (χ3n) is 2.82. The second-order valence-corrected chi connectivity index (χ2v) is 5.04. The highest BCUT2D eigenvalue weighted by molar-refractivity contribution is 9.10. The maximum Gasteiger partial charge on any atom is 0.332 e. The van der Waals surface area contributed by atoms with Crippen molar-refractivity contribution in [1.82, 2.24) is 9.78 Å². The number of benzene rings is 1. The Morgan fingerprint density at radius 3 is 2.84 bits per heavy atom. The summed E-state index contributed by atoms with van der Waals surface area (Å²) < 4.78 is 2.76. The molecule has 0 fully saturated rings. The number of aryl methyl sites for hydroxylation is 1. The predicted octanol–water partition coefficient (Wildman–Crippen LogP) is 3.03. The van der Waals surface area contributed by atoms with Crippen molar-refractivity contribution >= 4 is 38.6 Å². The lowest BCUT2D eigenvalue weighted by Crippen LogP contribution is -2.27. The molecule has 0 atom stereocenters. The third-order valence-corrected chi connectivity index (χ3v) is 3.31. The first-order chi connectivity index (χ1) is 9.06. The van der Waals surface area contributed by atoms with E-state index in [-0.39, 0.29) is 5.97 Å². The van der Waals surface area contributed by atoms with Crippen molar-refractivity contribution in [3.63, 3.8) is 0 Å². The van der Waals surface area contributed by atoms with E-state index in [1.165, 1.54) is 5.06 Å². The third kappa shape index (κ3) is 2.73. The maximum absolute atomic E-state index is 11.4. The fourth-order valence-electron chi connectivity index (χ4n) is 1.84. The summed E-state index contributed by atoms with van der Waals surface area (Å²) in [6.45, 7) is 4.24. The van der Waals surface area contributed by atoms with Gasteiger partial charge >= 0.3 is 5.97 Å². The van der Waals surface area contributed by atoms with Crippen molar-refractivity contribution in [2.45, 2.75) is 20.3 Å². The SMILES string of the molecule is CCC(=O)ON(CC)c1nn(C)c2cc(Br)ccc12. The summed E-state index contributed by atoms with van der Waals surface area (Å²) in [4.78, 5) is 16.7. The van der Waals surface area contributed by atoms with Crippen LogP contribution in [0.5, 0.6) is 0 Å². The van der Waals surface area contributed by atoms with Gasteiger partial charge in [0.05, 0.1) is 12.1 Å². The molecule has 102 valence electrons. The number of halogens is 1. The Kier molecular flexibility index (Phi) is 4.09. The summed E-state index contributed by atoms with van der Waals surface area (Å²) in [7, 11) is 1.87. The van der Waals surface area contributed by atoms with E-state index in [2.05, 4.69) is 21.0 Å². The highest BCUT2D eigenvalue weighted by atomic mass is 79.9. The fraction of sp³-hybridized carbons (Fsp3) is 0.385. The Hall–Kier alpha value is -1.56. The number of anilines is 1. The van der Waals surface area contributed by atoms with E-state index >= 15 is 0 Å². The summed E-state index contributed by atoms with van der Waals surface area (Å²) in [6, 6.07) is 5.90. The predicted molar refractivity (Wildman–Crippen MR) is 77.8 cm³/mol. The molecule has 0 bridgehead atoms. The van der Waals surface area contributed by atoms with Gasteiger partial charge in [-0.2, -0.15) is 10.2 Å². The average molecular weight is 326 g/mol. The molecule has 1 aromatic heterocycles. The minimum absolute atomic E-state index is 0.266. The number of hydrogen-bond donors (Lipinski definition) is 0. The van der Waals surface area contributed by atoms with E-state index in [0.29, 0.717) is 18.8 Å².